The second-order valence-corrected chi connectivity index (χ2v) is 6.97. The van der Waals surface area contributed by atoms with E-state index in [1.54, 1.807) is 7.11 Å². The zero-order chi connectivity index (χ0) is 17.8. The molecular formula is C19H21NO4S. The van der Waals surface area contributed by atoms with Crippen molar-refractivity contribution in [1.29, 1.82) is 0 Å². The average molecular weight is 359 g/mol. The Kier molecular flexibility index (Phi) is 5.50. The molecule has 25 heavy (non-hydrogen) atoms. The third kappa shape index (κ3) is 3.75. The number of ether oxygens (including phenoxy) is 2. The van der Waals surface area contributed by atoms with E-state index < -0.39 is 5.97 Å². The van der Waals surface area contributed by atoms with Crippen LogP contribution in [0.4, 0.5) is 0 Å². The molecule has 132 valence electrons. The van der Waals surface area contributed by atoms with Crippen LogP contribution in [-0.4, -0.2) is 50.7 Å². The van der Waals surface area contributed by atoms with E-state index >= 15 is 0 Å². The first-order chi connectivity index (χ1) is 12.1. The second kappa shape index (κ2) is 7.80. The third-order valence-corrected chi connectivity index (χ3v) is 5.54. The lowest BCUT2D eigenvalue weighted by molar-refractivity contribution is -0.141. The van der Waals surface area contributed by atoms with Crippen molar-refractivity contribution in [3.63, 3.8) is 0 Å². The summed E-state index contributed by atoms with van der Waals surface area (Å²) in [5.41, 5.74) is 3.74. The van der Waals surface area contributed by atoms with Crippen LogP contribution in [0.15, 0.2) is 30.3 Å². The molecule has 2 aromatic rings. The average Bonchev–Trinajstić information content (AvgIpc) is 3.09. The number of carbonyl (C=O) groups is 2. The molecular weight excluding hydrogens is 338 g/mol. The van der Waals surface area contributed by atoms with Crippen molar-refractivity contribution >= 4 is 23.2 Å². The highest BCUT2D eigenvalue weighted by molar-refractivity contribution is 7.17. The number of esters is 1. The number of aryl methyl sites for hydroxylation is 2. The summed E-state index contributed by atoms with van der Waals surface area (Å²) in [6.07, 6.45) is 1.92. The van der Waals surface area contributed by atoms with Crippen LogP contribution in [0.2, 0.25) is 0 Å². The zero-order valence-electron chi connectivity index (χ0n) is 14.4. The van der Waals surface area contributed by atoms with Gasteiger partial charge in [-0.05, 0) is 35.6 Å². The Bertz CT molecular complexity index is 783. The maximum absolute atomic E-state index is 12.9. The Morgan fingerprint density at radius 1 is 1.16 bits per heavy atom. The number of amides is 1. The Labute approximate surface area is 151 Å². The first kappa shape index (κ1) is 17.6. The molecule has 1 aromatic carbocycles. The highest BCUT2D eigenvalue weighted by atomic mass is 32.1. The van der Waals surface area contributed by atoms with Gasteiger partial charge >= 0.3 is 5.97 Å². The van der Waals surface area contributed by atoms with E-state index in [1.807, 2.05) is 18.2 Å². The van der Waals surface area contributed by atoms with Gasteiger partial charge in [-0.15, -0.1) is 11.3 Å². The molecule has 1 heterocycles. The van der Waals surface area contributed by atoms with Gasteiger partial charge < -0.3 is 14.4 Å². The number of carbonyl (C=O) groups excluding carboxylic acids is 2. The normalized spacial score (nSPS) is 12.2. The van der Waals surface area contributed by atoms with Crippen LogP contribution >= 0.6 is 11.3 Å². The second-order valence-electron chi connectivity index (χ2n) is 5.92. The summed E-state index contributed by atoms with van der Waals surface area (Å²) in [5, 5.41) is 0. The number of rotatable bonds is 6. The van der Waals surface area contributed by atoms with Gasteiger partial charge in [0, 0.05) is 18.5 Å². The molecule has 0 N–H and O–H groups in total. The minimum absolute atomic E-state index is 0.0716. The standard InChI is InChI=1S/C19H21NO4S/c1-23-10-9-20(12-17(21)24-2)19(22)16-11-14-8-7-13-5-3-4-6-15(13)18(14)25-16/h3-6,11H,7-10,12H2,1-2H3. The van der Waals surface area contributed by atoms with E-state index in [9.17, 15) is 9.59 Å². The molecule has 3 rings (SSSR count). The van der Waals surface area contributed by atoms with Crippen molar-refractivity contribution in [3.8, 4) is 10.4 Å². The lowest BCUT2D eigenvalue weighted by Gasteiger charge is -2.20. The molecule has 6 heteroatoms. The summed E-state index contributed by atoms with van der Waals surface area (Å²) >= 11 is 1.50. The largest absolute Gasteiger partial charge is 0.468 e. The number of benzene rings is 1. The Hall–Kier alpha value is -2.18. The summed E-state index contributed by atoms with van der Waals surface area (Å²) in [5.74, 6) is -0.588. The highest BCUT2D eigenvalue weighted by Gasteiger charge is 2.25. The highest BCUT2D eigenvalue weighted by Crippen LogP contribution is 2.39. The van der Waals surface area contributed by atoms with Crippen molar-refractivity contribution in [2.24, 2.45) is 0 Å². The van der Waals surface area contributed by atoms with Gasteiger partial charge in [-0.1, -0.05) is 24.3 Å². The van der Waals surface area contributed by atoms with Crippen LogP contribution in [0.25, 0.3) is 10.4 Å². The molecule has 0 fully saturated rings. The molecule has 0 spiro atoms. The maximum Gasteiger partial charge on any atom is 0.325 e. The van der Waals surface area contributed by atoms with Gasteiger partial charge in [0.2, 0.25) is 0 Å². The topological polar surface area (TPSA) is 55.8 Å². The number of hydrogen-bond acceptors (Lipinski definition) is 5. The van der Waals surface area contributed by atoms with E-state index in [4.69, 9.17) is 9.47 Å². The third-order valence-electron chi connectivity index (χ3n) is 4.35. The summed E-state index contributed by atoms with van der Waals surface area (Å²) in [6, 6.07) is 10.3. The minimum Gasteiger partial charge on any atom is -0.468 e. The van der Waals surface area contributed by atoms with Gasteiger partial charge in [0.25, 0.3) is 5.91 Å². The van der Waals surface area contributed by atoms with Crippen molar-refractivity contribution in [2.45, 2.75) is 12.8 Å². The van der Waals surface area contributed by atoms with E-state index in [-0.39, 0.29) is 12.5 Å². The summed E-state index contributed by atoms with van der Waals surface area (Å²) < 4.78 is 9.76. The van der Waals surface area contributed by atoms with Crippen LogP contribution < -0.4 is 0 Å². The van der Waals surface area contributed by atoms with Gasteiger partial charge in [0.05, 0.1) is 18.6 Å². The van der Waals surface area contributed by atoms with Crippen molar-refractivity contribution in [3.05, 3.63) is 46.3 Å². The number of fused-ring (bicyclic) bond motifs is 3. The van der Waals surface area contributed by atoms with Gasteiger partial charge in [-0.2, -0.15) is 0 Å². The predicted octanol–water partition coefficient (Wildman–Crippen LogP) is 2.78. The molecule has 0 aliphatic heterocycles. The van der Waals surface area contributed by atoms with Crippen LogP contribution in [-0.2, 0) is 27.1 Å². The summed E-state index contributed by atoms with van der Waals surface area (Å²) in [4.78, 5) is 27.8. The summed E-state index contributed by atoms with van der Waals surface area (Å²) in [7, 11) is 2.89. The molecule has 1 aliphatic rings. The first-order valence-corrected chi connectivity index (χ1v) is 9.01. The van der Waals surface area contributed by atoms with Crippen LogP contribution in [0, 0.1) is 0 Å². The minimum atomic E-state index is -0.434. The lowest BCUT2D eigenvalue weighted by atomic mass is 9.91. The molecule has 1 amide bonds. The molecule has 0 saturated carbocycles. The number of hydrogen-bond donors (Lipinski definition) is 0. The smallest absolute Gasteiger partial charge is 0.325 e. The van der Waals surface area contributed by atoms with Crippen molar-refractivity contribution < 1.29 is 19.1 Å². The molecule has 1 aliphatic carbocycles. The predicted molar refractivity (Wildman–Crippen MR) is 97.0 cm³/mol. The monoisotopic (exact) mass is 359 g/mol. The van der Waals surface area contributed by atoms with Crippen LogP contribution in [0.3, 0.4) is 0 Å². The zero-order valence-corrected chi connectivity index (χ0v) is 15.2. The number of nitrogens with zero attached hydrogens (tertiary/aromatic N) is 1. The molecule has 0 atom stereocenters. The van der Waals surface area contributed by atoms with Crippen LogP contribution in [0.1, 0.15) is 20.8 Å². The Balaban J connectivity index is 1.87. The van der Waals surface area contributed by atoms with Gasteiger partial charge in [0.15, 0.2) is 0 Å². The quantitative estimate of drug-likeness (QED) is 0.744. The fourth-order valence-electron chi connectivity index (χ4n) is 3.01. The molecule has 5 nitrogen and oxygen atoms in total. The number of thiophene rings is 1. The SMILES string of the molecule is COCCN(CC(=O)OC)C(=O)c1cc2c(s1)-c1ccccc1CC2. The molecule has 0 unspecified atom stereocenters. The van der Waals surface area contributed by atoms with E-state index in [2.05, 4.69) is 12.1 Å². The fourth-order valence-corrected chi connectivity index (χ4v) is 4.25. The molecule has 0 bridgehead atoms. The van der Waals surface area contributed by atoms with Crippen molar-refractivity contribution in [1.82, 2.24) is 4.90 Å². The fraction of sp³-hybridized carbons (Fsp3) is 0.368. The summed E-state index contributed by atoms with van der Waals surface area (Å²) in [6.45, 7) is 0.651. The van der Waals surface area contributed by atoms with Gasteiger partial charge in [-0.3, -0.25) is 9.59 Å². The lowest BCUT2D eigenvalue weighted by Crippen LogP contribution is -2.38. The number of methoxy groups -OCH3 is 2. The Morgan fingerprint density at radius 3 is 2.68 bits per heavy atom. The van der Waals surface area contributed by atoms with Gasteiger partial charge in [-0.25, -0.2) is 0 Å². The first-order valence-electron chi connectivity index (χ1n) is 8.20. The van der Waals surface area contributed by atoms with E-state index in [0.29, 0.717) is 18.0 Å². The van der Waals surface area contributed by atoms with E-state index in [1.165, 1.54) is 40.0 Å². The van der Waals surface area contributed by atoms with Crippen LogP contribution in [0.5, 0.6) is 0 Å². The molecule has 0 saturated heterocycles. The molecule has 0 radical (unpaired) electrons. The Morgan fingerprint density at radius 2 is 1.92 bits per heavy atom. The van der Waals surface area contributed by atoms with Gasteiger partial charge in [0.1, 0.15) is 6.54 Å². The maximum atomic E-state index is 12.9. The van der Waals surface area contributed by atoms with Crippen molar-refractivity contribution in [2.75, 3.05) is 33.9 Å². The van der Waals surface area contributed by atoms with E-state index in [0.717, 1.165) is 17.7 Å². The molecule has 1 aromatic heterocycles.